The summed E-state index contributed by atoms with van der Waals surface area (Å²) in [6.45, 7) is 17.9. The lowest BCUT2D eigenvalue weighted by atomic mass is 9.91. The van der Waals surface area contributed by atoms with Crippen LogP contribution in [0.4, 0.5) is 0 Å². The number of carbonyl (C=O) groups is 1. The van der Waals surface area contributed by atoms with Crippen molar-refractivity contribution in [2.45, 2.75) is 96.4 Å². The molecule has 0 aliphatic carbocycles. The van der Waals surface area contributed by atoms with Gasteiger partial charge in [-0.25, -0.2) is 4.79 Å². The second-order valence-corrected chi connectivity index (χ2v) is 13.6. The standard InChI is InChI=1S/C17H34O5Si/c1-12(2)20-14(19)13(21-23(8,9)15(3,4)5)10-17(11-18)16(6,7)22-17/h12-13,18H,10-11H2,1-9H3/t13-,17+/m0/s1. The monoisotopic (exact) mass is 346 g/mol. The summed E-state index contributed by atoms with van der Waals surface area (Å²) in [4.78, 5) is 12.5. The SMILES string of the molecule is CC(C)OC(=O)[C@H](C[C@]1(CO)OC1(C)C)O[Si](C)(C)C(C)(C)C. The topological polar surface area (TPSA) is 68.3 Å². The summed E-state index contributed by atoms with van der Waals surface area (Å²) in [7, 11) is -2.15. The molecule has 0 unspecified atom stereocenters. The number of aliphatic hydroxyl groups excluding tert-OH is 1. The molecule has 1 aliphatic rings. The Labute approximate surface area is 141 Å². The number of rotatable bonds is 7. The summed E-state index contributed by atoms with van der Waals surface area (Å²) >= 11 is 0. The number of epoxide rings is 1. The lowest BCUT2D eigenvalue weighted by molar-refractivity contribution is -0.157. The van der Waals surface area contributed by atoms with Gasteiger partial charge < -0.3 is 19.0 Å². The number of esters is 1. The Morgan fingerprint density at radius 3 is 2.04 bits per heavy atom. The molecule has 1 fully saturated rings. The highest BCUT2D eigenvalue weighted by atomic mass is 28.4. The normalized spacial score (nSPS) is 25.3. The minimum Gasteiger partial charge on any atom is -0.461 e. The average molecular weight is 347 g/mol. The zero-order chi connectivity index (χ0) is 18.3. The molecular formula is C17H34O5Si. The van der Waals surface area contributed by atoms with E-state index in [1.54, 1.807) is 0 Å². The van der Waals surface area contributed by atoms with Gasteiger partial charge >= 0.3 is 5.97 Å². The lowest BCUT2D eigenvalue weighted by Crippen LogP contribution is -2.48. The Balaban J connectivity index is 2.97. The van der Waals surface area contributed by atoms with E-state index in [9.17, 15) is 9.90 Å². The van der Waals surface area contributed by atoms with E-state index in [2.05, 4.69) is 33.9 Å². The summed E-state index contributed by atoms with van der Waals surface area (Å²) in [6, 6.07) is 0. The zero-order valence-corrected chi connectivity index (χ0v) is 17.1. The highest BCUT2D eigenvalue weighted by molar-refractivity contribution is 6.74. The van der Waals surface area contributed by atoms with Crippen LogP contribution in [0.2, 0.25) is 18.1 Å². The molecule has 1 rings (SSSR count). The predicted molar refractivity (Wildman–Crippen MR) is 92.9 cm³/mol. The average Bonchev–Trinajstić information content (AvgIpc) is 2.88. The number of aliphatic hydroxyl groups is 1. The van der Waals surface area contributed by atoms with Crippen LogP contribution in [0.5, 0.6) is 0 Å². The third-order valence-corrected chi connectivity index (χ3v) is 9.62. The minimum absolute atomic E-state index is 0.0182. The Morgan fingerprint density at radius 2 is 1.74 bits per heavy atom. The molecule has 0 aromatic carbocycles. The molecule has 1 saturated heterocycles. The fraction of sp³-hybridized carbons (Fsp3) is 0.941. The van der Waals surface area contributed by atoms with Crippen LogP contribution >= 0.6 is 0 Å². The molecule has 0 spiro atoms. The minimum atomic E-state index is -2.15. The van der Waals surface area contributed by atoms with E-state index < -0.39 is 25.6 Å². The second-order valence-electron chi connectivity index (χ2n) is 8.82. The molecular weight excluding hydrogens is 312 g/mol. The van der Waals surface area contributed by atoms with Crippen molar-refractivity contribution < 1.29 is 23.8 Å². The summed E-state index contributed by atoms with van der Waals surface area (Å²) < 4.78 is 17.4. The molecule has 0 saturated carbocycles. The van der Waals surface area contributed by atoms with Gasteiger partial charge in [0.1, 0.15) is 11.7 Å². The van der Waals surface area contributed by atoms with Crippen LogP contribution in [0.3, 0.4) is 0 Å². The highest BCUT2D eigenvalue weighted by Gasteiger charge is 2.65. The lowest BCUT2D eigenvalue weighted by Gasteiger charge is -2.39. The van der Waals surface area contributed by atoms with Crippen LogP contribution in [0, 0.1) is 0 Å². The van der Waals surface area contributed by atoms with Crippen LogP contribution in [0.1, 0.15) is 54.9 Å². The molecule has 0 bridgehead atoms. The van der Waals surface area contributed by atoms with Gasteiger partial charge in [0.25, 0.3) is 0 Å². The molecule has 5 nitrogen and oxygen atoms in total. The fourth-order valence-corrected chi connectivity index (χ4v) is 3.60. The van der Waals surface area contributed by atoms with Gasteiger partial charge in [-0.15, -0.1) is 0 Å². The molecule has 1 heterocycles. The van der Waals surface area contributed by atoms with Crippen molar-refractivity contribution >= 4 is 14.3 Å². The van der Waals surface area contributed by atoms with E-state index in [-0.39, 0.29) is 23.7 Å². The molecule has 136 valence electrons. The Bertz CT molecular complexity index is 435. The van der Waals surface area contributed by atoms with E-state index >= 15 is 0 Å². The first-order valence-corrected chi connectivity index (χ1v) is 11.3. The van der Waals surface area contributed by atoms with E-state index in [1.165, 1.54) is 0 Å². The Kier molecular flexibility index (Phi) is 5.79. The largest absolute Gasteiger partial charge is 0.461 e. The number of carbonyl (C=O) groups excluding carboxylic acids is 1. The predicted octanol–water partition coefficient (Wildman–Crippen LogP) is 3.26. The van der Waals surface area contributed by atoms with Crippen molar-refractivity contribution in [1.29, 1.82) is 0 Å². The van der Waals surface area contributed by atoms with E-state index in [4.69, 9.17) is 13.9 Å². The molecule has 1 N–H and O–H groups in total. The molecule has 0 amide bonds. The quantitative estimate of drug-likeness (QED) is 0.435. The Morgan fingerprint density at radius 1 is 1.26 bits per heavy atom. The fourth-order valence-electron chi connectivity index (χ4n) is 2.35. The number of ether oxygens (including phenoxy) is 2. The summed E-state index contributed by atoms with van der Waals surface area (Å²) in [5.74, 6) is -0.371. The van der Waals surface area contributed by atoms with E-state index in [1.807, 2.05) is 27.7 Å². The van der Waals surface area contributed by atoms with Gasteiger partial charge in [-0.05, 0) is 45.8 Å². The Hall–Kier alpha value is -0.433. The smallest absolute Gasteiger partial charge is 0.334 e. The number of hydrogen-bond acceptors (Lipinski definition) is 5. The van der Waals surface area contributed by atoms with E-state index in [0.717, 1.165) is 0 Å². The third kappa shape index (κ3) is 4.56. The van der Waals surface area contributed by atoms with Crippen LogP contribution in [0.15, 0.2) is 0 Å². The summed E-state index contributed by atoms with van der Waals surface area (Å²) in [6.07, 6.45) is -0.604. The molecule has 2 atom stereocenters. The van der Waals surface area contributed by atoms with Crippen molar-refractivity contribution in [2.24, 2.45) is 0 Å². The van der Waals surface area contributed by atoms with Crippen molar-refractivity contribution in [3.05, 3.63) is 0 Å². The molecule has 0 aromatic heterocycles. The van der Waals surface area contributed by atoms with Gasteiger partial charge in [0.2, 0.25) is 0 Å². The second kappa shape index (κ2) is 6.46. The van der Waals surface area contributed by atoms with Gasteiger partial charge in [0, 0.05) is 6.42 Å². The molecule has 6 heteroatoms. The van der Waals surface area contributed by atoms with Crippen LogP contribution < -0.4 is 0 Å². The molecule has 1 aliphatic heterocycles. The first kappa shape index (κ1) is 20.6. The van der Waals surface area contributed by atoms with Crippen LogP contribution in [0.25, 0.3) is 0 Å². The van der Waals surface area contributed by atoms with E-state index in [0.29, 0.717) is 6.42 Å². The summed E-state index contributed by atoms with van der Waals surface area (Å²) in [5.41, 5.74) is -1.18. The van der Waals surface area contributed by atoms with Gasteiger partial charge in [-0.2, -0.15) is 0 Å². The van der Waals surface area contributed by atoms with Gasteiger partial charge in [0.15, 0.2) is 8.32 Å². The van der Waals surface area contributed by atoms with Crippen molar-refractivity contribution in [2.75, 3.05) is 6.61 Å². The first-order chi connectivity index (χ1) is 10.2. The maximum Gasteiger partial charge on any atom is 0.334 e. The van der Waals surface area contributed by atoms with Gasteiger partial charge in [-0.1, -0.05) is 20.8 Å². The maximum atomic E-state index is 12.5. The third-order valence-electron chi connectivity index (χ3n) is 5.13. The zero-order valence-electron chi connectivity index (χ0n) is 16.1. The van der Waals surface area contributed by atoms with Crippen LogP contribution in [-0.2, 0) is 18.7 Å². The first-order valence-electron chi connectivity index (χ1n) is 8.37. The van der Waals surface area contributed by atoms with Gasteiger partial charge in [-0.3, -0.25) is 0 Å². The van der Waals surface area contributed by atoms with Gasteiger partial charge in [0.05, 0.1) is 18.3 Å². The highest BCUT2D eigenvalue weighted by Crippen LogP contribution is 2.51. The van der Waals surface area contributed by atoms with Crippen LogP contribution in [-0.4, -0.2) is 49.4 Å². The number of hydrogen-bond donors (Lipinski definition) is 1. The molecule has 0 radical (unpaired) electrons. The summed E-state index contributed by atoms with van der Waals surface area (Å²) in [5, 5.41) is 9.72. The molecule has 0 aromatic rings. The molecule has 23 heavy (non-hydrogen) atoms. The van der Waals surface area contributed by atoms with Crippen molar-refractivity contribution in [3.8, 4) is 0 Å². The van der Waals surface area contributed by atoms with Crippen molar-refractivity contribution in [1.82, 2.24) is 0 Å². The maximum absolute atomic E-state index is 12.5. The van der Waals surface area contributed by atoms with Crippen molar-refractivity contribution in [3.63, 3.8) is 0 Å².